The molecule has 0 amide bonds. The minimum atomic E-state index is -1.02. The number of benzene rings is 2. The lowest BCUT2D eigenvalue weighted by Crippen LogP contribution is -2.09. The first-order valence-electron chi connectivity index (χ1n) is 6.72. The molecule has 3 rings (SSSR count). The summed E-state index contributed by atoms with van der Waals surface area (Å²) in [5.74, 6) is -0.580. The summed E-state index contributed by atoms with van der Waals surface area (Å²) >= 11 is 0. The van der Waals surface area contributed by atoms with Crippen molar-refractivity contribution in [3.8, 4) is 5.75 Å². The Kier molecular flexibility index (Phi) is 3.44. The standard InChI is InChI=1S/C17H14O4/c18-16(19)10-21-13-6-7-14-12(8-13)9-15(17(14)20)11-4-2-1-3-5-11/h1-8,15H,9-10H2,(H,18,19)/t15-/m0/s1. The van der Waals surface area contributed by atoms with Crippen molar-refractivity contribution in [2.24, 2.45) is 0 Å². The molecule has 21 heavy (non-hydrogen) atoms. The van der Waals surface area contributed by atoms with E-state index in [0.29, 0.717) is 17.7 Å². The quantitative estimate of drug-likeness (QED) is 0.936. The van der Waals surface area contributed by atoms with Crippen LogP contribution < -0.4 is 4.74 Å². The van der Waals surface area contributed by atoms with Crippen LogP contribution in [0.25, 0.3) is 0 Å². The average molecular weight is 282 g/mol. The molecule has 1 aliphatic rings. The van der Waals surface area contributed by atoms with Crippen LogP contribution in [0.1, 0.15) is 27.4 Å². The number of fused-ring (bicyclic) bond motifs is 1. The molecule has 1 atom stereocenters. The van der Waals surface area contributed by atoms with E-state index in [-0.39, 0.29) is 18.3 Å². The van der Waals surface area contributed by atoms with Crippen LogP contribution in [0.2, 0.25) is 0 Å². The molecule has 0 aromatic heterocycles. The third-order valence-corrected chi connectivity index (χ3v) is 3.65. The second-order valence-electron chi connectivity index (χ2n) is 5.03. The van der Waals surface area contributed by atoms with Gasteiger partial charge in [-0.2, -0.15) is 0 Å². The van der Waals surface area contributed by atoms with E-state index >= 15 is 0 Å². The second kappa shape index (κ2) is 5.40. The third-order valence-electron chi connectivity index (χ3n) is 3.65. The Bertz CT molecular complexity index is 691. The van der Waals surface area contributed by atoms with Crippen LogP contribution in [0.15, 0.2) is 48.5 Å². The molecule has 0 unspecified atom stereocenters. The van der Waals surface area contributed by atoms with Gasteiger partial charge < -0.3 is 9.84 Å². The molecule has 106 valence electrons. The van der Waals surface area contributed by atoms with Crippen molar-refractivity contribution < 1.29 is 19.4 Å². The highest BCUT2D eigenvalue weighted by Gasteiger charge is 2.31. The fourth-order valence-corrected chi connectivity index (χ4v) is 2.67. The van der Waals surface area contributed by atoms with Crippen molar-refractivity contribution in [1.82, 2.24) is 0 Å². The molecule has 1 N–H and O–H groups in total. The van der Waals surface area contributed by atoms with Gasteiger partial charge in [0.15, 0.2) is 12.4 Å². The van der Waals surface area contributed by atoms with Gasteiger partial charge in [-0.15, -0.1) is 0 Å². The number of aliphatic carboxylic acids is 1. The van der Waals surface area contributed by atoms with E-state index < -0.39 is 5.97 Å². The minimum Gasteiger partial charge on any atom is -0.482 e. The van der Waals surface area contributed by atoms with E-state index in [1.54, 1.807) is 18.2 Å². The molecule has 0 spiro atoms. The SMILES string of the molecule is O=C(O)COc1ccc2c(c1)C[C@@H](c1ccccc1)C2=O. The highest BCUT2D eigenvalue weighted by atomic mass is 16.5. The summed E-state index contributed by atoms with van der Waals surface area (Å²) in [7, 11) is 0. The first-order valence-corrected chi connectivity index (χ1v) is 6.72. The van der Waals surface area contributed by atoms with Gasteiger partial charge in [0, 0.05) is 5.56 Å². The number of carbonyl (C=O) groups is 2. The lowest BCUT2D eigenvalue weighted by molar-refractivity contribution is -0.139. The van der Waals surface area contributed by atoms with Crippen LogP contribution in [-0.2, 0) is 11.2 Å². The van der Waals surface area contributed by atoms with E-state index in [4.69, 9.17) is 9.84 Å². The highest BCUT2D eigenvalue weighted by Crippen LogP contribution is 2.35. The zero-order chi connectivity index (χ0) is 14.8. The molecular weight excluding hydrogens is 268 g/mol. The molecule has 2 aromatic rings. The van der Waals surface area contributed by atoms with Crippen LogP contribution in [0, 0.1) is 0 Å². The number of hydrogen-bond donors (Lipinski definition) is 1. The Hall–Kier alpha value is -2.62. The van der Waals surface area contributed by atoms with E-state index in [1.165, 1.54) is 0 Å². The summed E-state index contributed by atoms with van der Waals surface area (Å²) in [6.45, 7) is -0.380. The molecule has 0 fully saturated rings. The monoisotopic (exact) mass is 282 g/mol. The number of carbonyl (C=O) groups excluding carboxylic acids is 1. The smallest absolute Gasteiger partial charge is 0.341 e. The maximum Gasteiger partial charge on any atom is 0.341 e. The number of ketones is 1. The van der Waals surface area contributed by atoms with Crippen LogP contribution >= 0.6 is 0 Å². The summed E-state index contributed by atoms with van der Waals surface area (Å²) in [6.07, 6.45) is 0.627. The van der Waals surface area contributed by atoms with Gasteiger partial charge in [-0.25, -0.2) is 4.79 Å². The Morgan fingerprint density at radius 3 is 2.67 bits per heavy atom. The molecule has 0 saturated carbocycles. The number of ether oxygens (including phenoxy) is 1. The summed E-state index contributed by atoms with van der Waals surface area (Å²) < 4.78 is 5.16. The largest absolute Gasteiger partial charge is 0.482 e. The van der Waals surface area contributed by atoms with Crippen LogP contribution in [-0.4, -0.2) is 23.5 Å². The number of hydrogen-bond acceptors (Lipinski definition) is 3. The third kappa shape index (κ3) is 2.65. The van der Waals surface area contributed by atoms with Crippen LogP contribution in [0.4, 0.5) is 0 Å². The molecule has 0 radical (unpaired) electrons. The lowest BCUT2D eigenvalue weighted by atomic mass is 9.95. The van der Waals surface area contributed by atoms with E-state index in [9.17, 15) is 9.59 Å². The average Bonchev–Trinajstić information content (AvgIpc) is 2.83. The molecule has 0 aliphatic heterocycles. The summed E-state index contributed by atoms with van der Waals surface area (Å²) in [4.78, 5) is 23.0. The summed E-state index contributed by atoms with van der Waals surface area (Å²) in [5.41, 5.74) is 2.62. The molecule has 1 aliphatic carbocycles. The Labute approximate surface area is 122 Å². The van der Waals surface area contributed by atoms with Gasteiger partial charge in [0.1, 0.15) is 5.75 Å². The normalized spacial score (nSPS) is 16.6. The Balaban J connectivity index is 1.84. The lowest BCUT2D eigenvalue weighted by Gasteiger charge is -2.07. The molecule has 4 nitrogen and oxygen atoms in total. The molecule has 0 heterocycles. The van der Waals surface area contributed by atoms with Crippen molar-refractivity contribution in [2.45, 2.75) is 12.3 Å². The zero-order valence-corrected chi connectivity index (χ0v) is 11.3. The minimum absolute atomic E-state index is 0.112. The maximum atomic E-state index is 12.4. The van der Waals surface area contributed by atoms with Crippen LogP contribution in [0.3, 0.4) is 0 Å². The van der Waals surface area contributed by atoms with Crippen molar-refractivity contribution in [3.63, 3.8) is 0 Å². The van der Waals surface area contributed by atoms with Crippen LogP contribution in [0.5, 0.6) is 5.75 Å². The molecule has 4 heteroatoms. The summed E-state index contributed by atoms with van der Waals surface area (Å²) in [5, 5.41) is 8.62. The van der Waals surface area contributed by atoms with Crippen molar-refractivity contribution >= 4 is 11.8 Å². The van der Waals surface area contributed by atoms with Crippen molar-refractivity contribution in [1.29, 1.82) is 0 Å². The second-order valence-corrected chi connectivity index (χ2v) is 5.03. The van der Waals surface area contributed by atoms with E-state index in [0.717, 1.165) is 11.1 Å². The van der Waals surface area contributed by atoms with Crippen molar-refractivity contribution in [3.05, 3.63) is 65.2 Å². The first-order chi connectivity index (χ1) is 10.1. The van der Waals surface area contributed by atoms with Gasteiger partial charge >= 0.3 is 5.97 Å². The van der Waals surface area contributed by atoms with E-state index in [2.05, 4.69) is 0 Å². The van der Waals surface area contributed by atoms with E-state index in [1.807, 2.05) is 30.3 Å². The zero-order valence-electron chi connectivity index (χ0n) is 11.3. The Morgan fingerprint density at radius 1 is 1.19 bits per heavy atom. The summed E-state index contributed by atoms with van der Waals surface area (Å²) in [6, 6.07) is 14.8. The molecule has 0 saturated heterocycles. The molecule has 0 bridgehead atoms. The Morgan fingerprint density at radius 2 is 1.95 bits per heavy atom. The predicted octanol–water partition coefficient (Wildman–Crippen LogP) is 2.67. The van der Waals surface area contributed by atoms with Crippen molar-refractivity contribution in [2.75, 3.05) is 6.61 Å². The van der Waals surface area contributed by atoms with Gasteiger partial charge in [-0.05, 0) is 35.7 Å². The number of carboxylic acids is 1. The predicted molar refractivity (Wildman–Crippen MR) is 76.8 cm³/mol. The number of carboxylic acid groups (broad SMARTS) is 1. The number of Topliss-reactive ketones (excluding diaryl/α,β-unsaturated/α-hetero) is 1. The number of rotatable bonds is 4. The highest BCUT2D eigenvalue weighted by molar-refractivity contribution is 6.05. The fourth-order valence-electron chi connectivity index (χ4n) is 2.67. The van der Waals surface area contributed by atoms with Gasteiger partial charge in [0.25, 0.3) is 0 Å². The van der Waals surface area contributed by atoms with Gasteiger partial charge in [0.2, 0.25) is 0 Å². The topological polar surface area (TPSA) is 63.6 Å². The van der Waals surface area contributed by atoms with Gasteiger partial charge in [0.05, 0.1) is 5.92 Å². The first kappa shape index (κ1) is 13.4. The van der Waals surface area contributed by atoms with Gasteiger partial charge in [-0.1, -0.05) is 30.3 Å². The molecular formula is C17H14O4. The maximum absolute atomic E-state index is 12.4. The van der Waals surface area contributed by atoms with Gasteiger partial charge in [-0.3, -0.25) is 4.79 Å². The molecule has 2 aromatic carbocycles. The fraction of sp³-hybridized carbons (Fsp3) is 0.176.